The Labute approximate surface area is 111 Å². The standard InChI is InChI=1S/C15H25N3/c1-3-17(15-7-5-4-6-8-15)13-14(2)18-11-9-16-10-12-18/h4-8,14,16H,3,9-13H2,1-2H3. The molecule has 1 atom stereocenters. The first-order valence-corrected chi connectivity index (χ1v) is 7.06. The second kappa shape index (κ2) is 6.76. The van der Waals surface area contributed by atoms with Crippen molar-refractivity contribution in [1.82, 2.24) is 10.2 Å². The third-order valence-corrected chi connectivity index (χ3v) is 3.76. The molecule has 0 aliphatic carbocycles. The topological polar surface area (TPSA) is 18.5 Å². The van der Waals surface area contributed by atoms with E-state index in [1.165, 1.54) is 18.8 Å². The Hall–Kier alpha value is -1.06. The Morgan fingerprint density at radius 2 is 1.89 bits per heavy atom. The number of para-hydroxylation sites is 1. The van der Waals surface area contributed by atoms with Gasteiger partial charge in [0.25, 0.3) is 0 Å². The molecule has 100 valence electrons. The molecule has 3 heteroatoms. The summed E-state index contributed by atoms with van der Waals surface area (Å²) < 4.78 is 0. The van der Waals surface area contributed by atoms with Crippen molar-refractivity contribution in [3.63, 3.8) is 0 Å². The minimum absolute atomic E-state index is 0.618. The van der Waals surface area contributed by atoms with Crippen molar-refractivity contribution in [2.24, 2.45) is 0 Å². The molecule has 18 heavy (non-hydrogen) atoms. The third kappa shape index (κ3) is 3.47. The highest BCUT2D eigenvalue weighted by atomic mass is 15.2. The fraction of sp³-hybridized carbons (Fsp3) is 0.600. The van der Waals surface area contributed by atoms with Gasteiger partial charge >= 0.3 is 0 Å². The van der Waals surface area contributed by atoms with Gasteiger partial charge in [-0.15, -0.1) is 0 Å². The molecule has 1 unspecified atom stereocenters. The van der Waals surface area contributed by atoms with E-state index >= 15 is 0 Å². The molecule has 1 aromatic carbocycles. The van der Waals surface area contributed by atoms with Crippen molar-refractivity contribution in [2.75, 3.05) is 44.2 Å². The van der Waals surface area contributed by atoms with Gasteiger partial charge in [0.05, 0.1) is 0 Å². The quantitative estimate of drug-likeness (QED) is 0.856. The van der Waals surface area contributed by atoms with E-state index in [-0.39, 0.29) is 0 Å². The Morgan fingerprint density at radius 1 is 1.22 bits per heavy atom. The van der Waals surface area contributed by atoms with E-state index in [2.05, 4.69) is 59.3 Å². The molecule has 0 radical (unpaired) electrons. The summed E-state index contributed by atoms with van der Waals surface area (Å²) in [6.45, 7) is 11.4. The van der Waals surface area contributed by atoms with Crippen LogP contribution in [-0.2, 0) is 0 Å². The molecule has 1 aromatic rings. The van der Waals surface area contributed by atoms with Crippen LogP contribution in [0, 0.1) is 0 Å². The molecule has 0 amide bonds. The van der Waals surface area contributed by atoms with Crippen molar-refractivity contribution >= 4 is 5.69 Å². The van der Waals surface area contributed by atoms with Crippen LogP contribution in [0.15, 0.2) is 30.3 Å². The molecule has 0 aromatic heterocycles. The molecule has 1 aliphatic heterocycles. The summed E-state index contributed by atoms with van der Waals surface area (Å²) in [4.78, 5) is 5.05. The Morgan fingerprint density at radius 3 is 2.50 bits per heavy atom. The summed E-state index contributed by atoms with van der Waals surface area (Å²) in [5.74, 6) is 0. The van der Waals surface area contributed by atoms with Crippen molar-refractivity contribution in [2.45, 2.75) is 19.9 Å². The summed E-state index contributed by atoms with van der Waals surface area (Å²) in [5, 5.41) is 3.41. The van der Waals surface area contributed by atoms with Crippen LogP contribution < -0.4 is 10.2 Å². The van der Waals surface area contributed by atoms with E-state index in [0.717, 1.165) is 26.2 Å². The van der Waals surface area contributed by atoms with E-state index in [1.807, 2.05) is 0 Å². The SMILES string of the molecule is CCN(CC(C)N1CCNCC1)c1ccccc1. The van der Waals surface area contributed by atoms with Gasteiger partial charge in [0, 0.05) is 51.0 Å². The number of likely N-dealkylation sites (N-methyl/N-ethyl adjacent to an activating group) is 1. The Bertz CT molecular complexity index is 333. The number of hydrogen-bond donors (Lipinski definition) is 1. The predicted molar refractivity (Wildman–Crippen MR) is 78.2 cm³/mol. The molecular weight excluding hydrogens is 222 g/mol. The zero-order valence-corrected chi connectivity index (χ0v) is 11.6. The molecule has 1 saturated heterocycles. The molecule has 1 fully saturated rings. The summed E-state index contributed by atoms with van der Waals surface area (Å²) in [6.07, 6.45) is 0. The van der Waals surface area contributed by atoms with Crippen molar-refractivity contribution in [3.8, 4) is 0 Å². The summed E-state index contributed by atoms with van der Waals surface area (Å²) in [5.41, 5.74) is 1.34. The van der Waals surface area contributed by atoms with Gasteiger partial charge in [-0.25, -0.2) is 0 Å². The van der Waals surface area contributed by atoms with Crippen LogP contribution in [0.2, 0.25) is 0 Å². The highest BCUT2D eigenvalue weighted by Crippen LogP contribution is 2.14. The second-order valence-corrected chi connectivity index (χ2v) is 5.01. The van der Waals surface area contributed by atoms with Gasteiger partial charge in [-0.1, -0.05) is 18.2 Å². The predicted octanol–water partition coefficient (Wildman–Crippen LogP) is 1.81. The maximum atomic E-state index is 3.41. The van der Waals surface area contributed by atoms with Crippen LogP contribution in [0.5, 0.6) is 0 Å². The largest absolute Gasteiger partial charge is 0.370 e. The van der Waals surface area contributed by atoms with E-state index < -0.39 is 0 Å². The number of piperazine rings is 1. The summed E-state index contributed by atoms with van der Waals surface area (Å²) >= 11 is 0. The van der Waals surface area contributed by atoms with Crippen molar-refractivity contribution < 1.29 is 0 Å². The molecule has 1 heterocycles. The smallest absolute Gasteiger partial charge is 0.0366 e. The molecule has 0 spiro atoms. The molecule has 0 saturated carbocycles. The van der Waals surface area contributed by atoms with Gasteiger partial charge < -0.3 is 10.2 Å². The molecule has 0 bridgehead atoms. The maximum absolute atomic E-state index is 3.41. The summed E-state index contributed by atoms with van der Waals surface area (Å²) in [6, 6.07) is 11.3. The van der Waals surface area contributed by atoms with Gasteiger partial charge in [0.2, 0.25) is 0 Å². The van der Waals surface area contributed by atoms with Crippen LogP contribution in [0.25, 0.3) is 0 Å². The van der Waals surface area contributed by atoms with Crippen molar-refractivity contribution in [3.05, 3.63) is 30.3 Å². The van der Waals surface area contributed by atoms with Crippen LogP contribution in [-0.4, -0.2) is 50.2 Å². The minimum atomic E-state index is 0.618. The van der Waals surface area contributed by atoms with E-state index in [0.29, 0.717) is 6.04 Å². The monoisotopic (exact) mass is 247 g/mol. The highest BCUT2D eigenvalue weighted by Gasteiger charge is 2.18. The van der Waals surface area contributed by atoms with Crippen molar-refractivity contribution in [1.29, 1.82) is 0 Å². The number of benzene rings is 1. The number of anilines is 1. The number of nitrogens with one attached hydrogen (secondary N) is 1. The Kier molecular flexibility index (Phi) is 5.02. The van der Waals surface area contributed by atoms with Crippen LogP contribution >= 0.6 is 0 Å². The molecule has 1 N–H and O–H groups in total. The molecular formula is C15H25N3. The van der Waals surface area contributed by atoms with E-state index in [1.54, 1.807) is 0 Å². The van der Waals surface area contributed by atoms with Gasteiger partial charge in [0.15, 0.2) is 0 Å². The normalized spacial score (nSPS) is 18.6. The number of nitrogens with zero attached hydrogens (tertiary/aromatic N) is 2. The number of rotatable bonds is 5. The minimum Gasteiger partial charge on any atom is -0.370 e. The van der Waals surface area contributed by atoms with Crippen LogP contribution in [0.1, 0.15) is 13.8 Å². The molecule has 1 aliphatic rings. The van der Waals surface area contributed by atoms with Gasteiger partial charge in [-0.2, -0.15) is 0 Å². The van der Waals surface area contributed by atoms with Crippen LogP contribution in [0.4, 0.5) is 5.69 Å². The fourth-order valence-corrected chi connectivity index (χ4v) is 2.61. The van der Waals surface area contributed by atoms with Gasteiger partial charge in [-0.05, 0) is 26.0 Å². The summed E-state index contributed by atoms with van der Waals surface area (Å²) in [7, 11) is 0. The Balaban J connectivity index is 1.93. The highest BCUT2D eigenvalue weighted by molar-refractivity contribution is 5.45. The zero-order chi connectivity index (χ0) is 12.8. The molecule has 3 nitrogen and oxygen atoms in total. The lowest BCUT2D eigenvalue weighted by atomic mass is 10.2. The van der Waals surface area contributed by atoms with Crippen LogP contribution in [0.3, 0.4) is 0 Å². The average molecular weight is 247 g/mol. The third-order valence-electron chi connectivity index (χ3n) is 3.76. The fourth-order valence-electron chi connectivity index (χ4n) is 2.61. The number of hydrogen-bond acceptors (Lipinski definition) is 3. The second-order valence-electron chi connectivity index (χ2n) is 5.01. The first-order chi connectivity index (χ1) is 8.81. The van der Waals surface area contributed by atoms with Gasteiger partial charge in [-0.3, -0.25) is 4.90 Å². The van der Waals surface area contributed by atoms with Gasteiger partial charge in [0.1, 0.15) is 0 Å². The maximum Gasteiger partial charge on any atom is 0.0366 e. The average Bonchev–Trinajstić information content (AvgIpc) is 2.46. The lowest BCUT2D eigenvalue weighted by Crippen LogP contribution is -2.51. The zero-order valence-electron chi connectivity index (χ0n) is 11.6. The lowest BCUT2D eigenvalue weighted by Gasteiger charge is -2.36. The molecule has 2 rings (SSSR count). The van der Waals surface area contributed by atoms with E-state index in [4.69, 9.17) is 0 Å². The lowest BCUT2D eigenvalue weighted by molar-refractivity contribution is 0.186. The van der Waals surface area contributed by atoms with E-state index in [9.17, 15) is 0 Å². The first-order valence-electron chi connectivity index (χ1n) is 7.06. The first kappa shape index (κ1) is 13.4.